The average molecular weight is 344 g/mol. The van der Waals surface area contributed by atoms with Crippen LogP contribution in [-0.2, 0) is 33.5 Å². The molecule has 5 nitrogen and oxygen atoms in total. The molecule has 1 aliphatic heterocycles. The molecule has 24 heavy (non-hydrogen) atoms. The molecule has 0 aliphatic carbocycles. The summed E-state index contributed by atoms with van der Waals surface area (Å²) in [4.78, 5) is 13.4. The lowest BCUT2D eigenvalue weighted by molar-refractivity contribution is -0.118. The van der Waals surface area contributed by atoms with E-state index in [-0.39, 0.29) is 18.2 Å². The second-order valence-corrected chi connectivity index (χ2v) is 7.79. The molecule has 1 heterocycles. The molecule has 0 fully saturated rings. The van der Waals surface area contributed by atoms with Crippen molar-refractivity contribution in [2.45, 2.75) is 25.1 Å². The van der Waals surface area contributed by atoms with Gasteiger partial charge in [0.25, 0.3) is 0 Å². The van der Waals surface area contributed by atoms with Crippen LogP contribution >= 0.6 is 0 Å². The summed E-state index contributed by atoms with van der Waals surface area (Å²) in [6, 6.07) is 14.8. The van der Waals surface area contributed by atoms with Gasteiger partial charge in [-0.25, -0.2) is 13.1 Å². The number of aryl methyl sites for hydroxylation is 1. The molecule has 1 aliphatic rings. The minimum absolute atomic E-state index is 0.0317. The van der Waals surface area contributed by atoms with E-state index in [1.807, 2.05) is 36.4 Å². The van der Waals surface area contributed by atoms with Gasteiger partial charge in [0.1, 0.15) is 0 Å². The molecule has 2 aromatic carbocycles. The molecular formula is C18H20N2O3S. The van der Waals surface area contributed by atoms with Crippen molar-refractivity contribution < 1.29 is 13.2 Å². The smallest absolute Gasteiger partial charge is 0.227 e. The molecule has 126 valence electrons. The summed E-state index contributed by atoms with van der Waals surface area (Å²) in [5, 5.41) is 0. The fraction of sp³-hybridized carbons (Fsp3) is 0.278. The summed E-state index contributed by atoms with van der Waals surface area (Å²) in [6.07, 6.45) is 1.19. The summed E-state index contributed by atoms with van der Waals surface area (Å²) < 4.78 is 27.0. The first-order chi connectivity index (χ1) is 11.4. The Bertz CT molecular complexity index is 848. The predicted octanol–water partition coefficient (Wildman–Crippen LogP) is 2.22. The topological polar surface area (TPSA) is 66.5 Å². The SMILES string of the molecule is CN1C(=O)CCc2cc(CNS(=O)(=O)Cc3ccccc3)ccc21. The Morgan fingerprint density at radius 3 is 2.54 bits per heavy atom. The highest BCUT2D eigenvalue weighted by atomic mass is 32.2. The number of benzene rings is 2. The summed E-state index contributed by atoms with van der Waals surface area (Å²) in [5.74, 6) is 0.0783. The van der Waals surface area contributed by atoms with Gasteiger partial charge in [-0.1, -0.05) is 42.5 Å². The van der Waals surface area contributed by atoms with E-state index in [1.54, 1.807) is 24.1 Å². The van der Waals surface area contributed by atoms with Crippen LogP contribution in [0.3, 0.4) is 0 Å². The number of anilines is 1. The Morgan fingerprint density at radius 2 is 1.79 bits per heavy atom. The average Bonchev–Trinajstić information content (AvgIpc) is 2.57. The molecule has 0 aromatic heterocycles. The second kappa shape index (κ2) is 6.75. The van der Waals surface area contributed by atoms with Gasteiger partial charge in [-0.3, -0.25) is 4.79 Å². The number of nitrogens with one attached hydrogen (secondary N) is 1. The van der Waals surface area contributed by atoms with E-state index in [4.69, 9.17) is 0 Å². The van der Waals surface area contributed by atoms with Crippen molar-refractivity contribution in [3.8, 4) is 0 Å². The fourth-order valence-corrected chi connectivity index (χ4v) is 3.98. The lowest BCUT2D eigenvalue weighted by Gasteiger charge is -2.26. The van der Waals surface area contributed by atoms with Gasteiger partial charge in [-0.2, -0.15) is 0 Å². The van der Waals surface area contributed by atoms with E-state index in [2.05, 4.69) is 4.72 Å². The van der Waals surface area contributed by atoms with Gasteiger partial charge in [0.2, 0.25) is 15.9 Å². The Morgan fingerprint density at radius 1 is 1.04 bits per heavy atom. The van der Waals surface area contributed by atoms with E-state index < -0.39 is 10.0 Å². The molecule has 0 saturated heterocycles. The molecular weight excluding hydrogens is 324 g/mol. The molecule has 2 aromatic rings. The third-order valence-corrected chi connectivity index (χ3v) is 5.48. The van der Waals surface area contributed by atoms with Crippen molar-refractivity contribution in [1.29, 1.82) is 0 Å². The molecule has 0 saturated carbocycles. The Balaban J connectivity index is 1.68. The van der Waals surface area contributed by atoms with E-state index in [0.29, 0.717) is 12.8 Å². The Kier molecular flexibility index (Phi) is 4.69. The number of carbonyl (C=O) groups excluding carboxylic acids is 1. The van der Waals surface area contributed by atoms with Crippen molar-refractivity contribution in [3.05, 3.63) is 65.2 Å². The van der Waals surface area contributed by atoms with Crippen LogP contribution in [0, 0.1) is 0 Å². The second-order valence-electron chi connectivity index (χ2n) is 5.98. The molecule has 0 spiro atoms. The monoisotopic (exact) mass is 344 g/mol. The summed E-state index contributed by atoms with van der Waals surface area (Å²) >= 11 is 0. The first-order valence-corrected chi connectivity index (χ1v) is 9.49. The summed E-state index contributed by atoms with van der Waals surface area (Å²) in [6.45, 7) is 0.250. The summed E-state index contributed by atoms with van der Waals surface area (Å²) in [7, 11) is -1.62. The number of carbonyl (C=O) groups is 1. The molecule has 3 rings (SSSR count). The van der Waals surface area contributed by atoms with Crippen LogP contribution in [0.4, 0.5) is 5.69 Å². The van der Waals surface area contributed by atoms with Crippen molar-refractivity contribution in [1.82, 2.24) is 4.72 Å². The van der Waals surface area contributed by atoms with Crippen molar-refractivity contribution in [2.75, 3.05) is 11.9 Å². The Labute approximate surface area is 142 Å². The maximum atomic E-state index is 12.2. The number of rotatable bonds is 5. The van der Waals surface area contributed by atoms with Gasteiger partial charge in [0.05, 0.1) is 5.75 Å². The molecule has 6 heteroatoms. The van der Waals surface area contributed by atoms with Gasteiger partial charge in [-0.15, -0.1) is 0 Å². The number of sulfonamides is 1. The fourth-order valence-electron chi connectivity index (χ4n) is 2.86. The van der Waals surface area contributed by atoms with Crippen LogP contribution in [0.5, 0.6) is 0 Å². The Hall–Kier alpha value is -2.18. The zero-order chi connectivity index (χ0) is 17.2. The van der Waals surface area contributed by atoms with E-state index >= 15 is 0 Å². The highest BCUT2D eigenvalue weighted by Gasteiger charge is 2.21. The van der Waals surface area contributed by atoms with Crippen LogP contribution in [0.25, 0.3) is 0 Å². The number of hydrogen-bond donors (Lipinski definition) is 1. The zero-order valence-corrected chi connectivity index (χ0v) is 14.3. The van der Waals surface area contributed by atoms with Gasteiger partial charge < -0.3 is 4.90 Å². The van der Waals surface area contributed by atoms with Crippen LogP contribution in [-0.4, -0.2) is 21.4 Å². The first kappa shape index (κ1) is 16.7. The highest BCUT2D eigenvalue weighted by Crippen LogP contribution is 2.27. The van der Waals surface area contributed by atoms with Gasteiger partial charge >= 0.3 is 0 Å². The molecule has 0 bridgehead atoms. The quantitative estimate of drug-likeness (QED) is 0.904. The van der Waals surface area contributed by atoms with E-state index in [0.717, 1.165) is 22.4 Å². The van der Waals surface area contributed by atoms with Gasteiger partial charge in [0, 0.05) is 25.7 Å². The number of amides is 1. The van der Waals surface area contributed by atoms with E-state index in [9.17, 15) is 13.2 Å². The van der Waals surface area contributed by atoms with Crippen LogP contribution < -0.4 is 9.62 Å². The van der Waals surface area contributed by atoms with Gasteiger partial charge in [0.15, 0.2) is 0 Å². The molecule has 1 N–H and O–H groups in total. The predicted molar refractivity (Wildman–Crippen MR) is 94.1 cm³/mol. The summed E-state index contributed by atoms with van der Waals surface area (Å²) in [5.41, 5.74) is 3.64. The largest absolute Gasteiger partial charge is 0.315 e. The normalized spacial score (nSPS) is 14.5. The van der Waals surface area contributed by atoms with E-state index in [1.165, 1.54) is 0 Å². The lowest BCUT2D eigenvalue weighted by atomic mass is 9.99. The van der Waals surface area contributed by atoms with Crippen LogP contribution in [0.1, 0.15) is 23.1 Å². The minimum Gasteiger partial charge on any atom is -0.315 e. The molecule has 0 atom stereocenters. The highest BCUT2D eigenvalue weighted by molar-refractivity contribution is 7.88. The van der Waals surface area contributed by atoms with Crippen LogP contribution in [0.15, 0.2) is 48.5 Å². The zero-order valence-electron chi connectivity index (χ0n) is 13.5. The third-order valence-electron chi connectivity index (χ3n) is 4.18. The molecule has 0 unspecified atom stereocenters. The van der Waals surface area contributed by atoms with Gasteiger partial charge in [-0.05, 0) is 29.2 Å². The minimum atomic E-state index is -3.39. The maximum absolute atomic E-state index is 12.2. The van der Waals surface area contributed by atoms with Crippen LogP contribution in [0.2, 0.25) is 0 Å². The van der Waals surface area contributed by atoms with Crippen molar-refractivity contribution in [2.24, 2.45) is 0 Å². The maximum Gasteiger partial charge on any atom is 0.227 e. The molecule has 1 amide bonds. The number of hydrogen-bond acceptors (Lipinski definition) is 3. The number of fused-ring (bicyclic) bond motifs is 1. The lowest BCUT2D eigenvalue weighted by Crippen LogP contribution is -2.31. The molecule has 0 radical (unpaired) electrons. The van der Waals surface area contributed by atoms with Crippen molar-refractivity contribution in [3.63, 3.8) is 0 Å². The standard InChI is InChI=1S/C18H20N2O3S/c1-20-17-9-7-15(11-16(17)8-10-18(20)21)12-19-24(22,23)13-14-5-3-2-4-6-14/h2-7,9,11,19H,8,10,12-13H2,1H3. The number of nitrogens with zero attached hydrogens (tertiary/aromatic N) is 1. The first-order valence-electron chi connectivity index (χ1n) is 7.84. The third kappa shape index (κ3) is 3.83. The van der Waals surface area contributed by atoms with Crippen molar-refractivity contribution >= 4 is 21.6 Å².